The first kappa shape index (κ1) is 42.9. The predicted molar refractivity (Wildman–Crippen MR) is 262 cm³/mol. The van der Waals surface area contributed by atoms with E-state index in [0.29, 0.717) is 11.5 Å². The molecule has 7 aromatic carbocycles. The van der Waals surface area contributed by atoms with E-state index in [-0.39, 0.29) is 31.9 Å². The van der Waals surface area contributed by atoms with Gasteiger partial charge in [-0.15, -0.1) is 48.1 Å². The summed E-state index contributed by atoms with van der Waals surface area (Å²) in [6.45, 7) is 20.2. The Hall–Kier alpha value is -6.42. The van der Waals surface area contributed by atoms with Crippen LogP contribution in [0.4, 0.5) is 22.7 Å². The van der Waals surface area contributed by atoms with E-state index in [2.05, 4.69) is 228 Å². The minimum atomic E-state index is -0.135. The van der Waals surface area contributed by atoms with E-state index >= 15 is 0 Å². The minimum Gasteiger partial charge on any atom is -0.509 e. The first-order chi connectivity index (χ1) is 30.3. The first-order valence-corrected chi connectivity index (χ1v) is 21.8. The van der Waals surface area contributed by atoms with Crippen LogP contribution < -0.4 is 14.5 Å². The predicted octanol–water partition coefficient (Wildman–Crippen LogP) is 15.5. The molecule has 9 aromatic rings. The zero-order chi connectivity index (χ0) is 43.6. The maximum absolute atomic E-state index is 6.69. The van der Waals surface area contributed by atoms with Crippen LogP contribution in [0.5, 0.6) is 11.5 Å². The maximum atomic E-state index is 6.69. The molecule has 0 aliphatic carbocycles. The fourth-order valence-electron chi connectivity index (χ4n) is 9.11. The number of anilines is 4. The third-order valence-corrected chi connectivity index (χ3v) is 12.3. The van der Waals surface area contributed by atoms with Gasteiger partial charge in [0, 0.05) is 72.5 Å². The molecule has 6 heteroatoms. The van der Waals surface area contributed by atoms with E-state index in [1.54, 1.807) is 0 Å². The summed E-state index contributed by atoms with van der Waals surface area (Å²) in [5.74, 6) is 2.04. The van der Waals surface area contributed by atoms with Gasteiger partial charge in [0.2, 0.25) is 0 Å². The van der Waals surface area contributed by atoms with Crippen molar-refractivity contribution in [3.63, 3.8) is 0 Å². The second kappa shape index (κ2) is 16.6. The van der Waals surface area contributed by atoms with Crippen LogP contribution >= 0.6 is 0 Å². The van der Waals surface area contributed by atoms with Crippen LogP contribution in [0.3, 0.4) is 0 Å². The third kappa shape index (κ3) is 7.71. The van der Waals surface area contributed by atoms with Crippen molar-refractivity contribution in [2.75, 3.05) is 9.80 Å². The SMILES string of the molecule is Cc1cccc(C)c1-c1cnc(-n2c3[c-]c(Oc4[c-]c(N5[CH-]N(c6cc(C(C)(C)C)ccc6-c6ccccc6)c6ccccc65)ccc4)ccc3c3ccccc32)cc1C(C)(C)C.[Pt]. The number of hydrogen-bond donors (Lipinski definition) is 0. The number of hydrogen-bond acceptors (Lipinski definition) is 4. The molecule has 0 radical (unpaired) electrons. The Morgan fingerprint density at radius 3 is 1.97 bits per heavy atom. The quantitative estimate of drug-likeness (QED) is 0.149. The number of aromatic nitrogens is 2. The largest absolute Gasteiger partial charge is 0.509 e. The molecule has 1 aliphatic rings. The molecule has 2 aromatic heterocycles. The van der Waals surface area contributed by atoms with Gasteiger partial charge in [-0.25, -0.2) is 4.98 Å². The summed E-state index contributed by atoms with van der Waals surface area (Å²) in [4.78, 5) is 9.70. The van der Waals surface area contributed by atoms with E-state index in [1.807, 2.05) is 18.2 Å². The first-order valence-electron chi connectivity index (χ1n) is 21.8. The van der Waals surface area contributed by atoms with Crippen molar-refractivity contribution in [1.82, 2.24) is 9.55 Å². The van der Waals surface area contributed by atoms with E-state index in [1.165, 1.54) is 44.5 Å². The summed E-state index contributed by atoms with van der Waals surface area (Å²) < 4.78 is 8.91. The van der Waals surface area contributed by atoms with Crippen molar-refractivity contribution in [1.29, 1.82) is 0 Å². The molecule has 64 heavy (non-hydrogen) atoms. The fourth-order valence-corrected chi connectivity index (χ4v) is 9.11. The van der Waals surface area contributed by atoms with Crippen molar-refractivity contribution in [2.45, 2.75) is 66.2 Å². The van der Waals surface area contributed by atoms with Gasteiger partial charge in [-0.2, -0.15) is 12.1 Å². The molecule has 1 aliphatic heterocycles. The van der Waals surface area contributed by atoms with Crippen LogP contribution in [0.2, 0.25) is 0 Å². The number of aryl methyl sites for hydroxylation is 2. The van der Waals surface area contributed by atoms with Gasteiger partial charge in [0.1, 0.15) is 5.82 Å². The van der Waals surface area contributed by atoms with Crippen LogP contribution in [0.15, 0.2) is 158 Å². The van der Waals surface area contributed by atoms with Crippen molar-refractivity contribution in [2.24, 2.45) is 0 Å². The minimum absolute atomic E-state index is 0. The molecule has 0 spiro atoms. The molecule has 0 bridgehead atoms. The number of nitrogens with zero attached hydrogens (tertiary/aromatic N) is 4. The number of benzene rings is 7. The topological polar surface area (TPSA) is 33.5 Å². The third-order valence-electron chi connectivity index (χ3n) is 12.3. The van der Waals surface area contributed by atoms with Gasteiger partial charge in [0.05, 0.1) is 0 Å². The monoisotopic (exact) mass is 1010 g/mol. The molecule has 0 N–H and O–H groups in total. The van der Waals surface area contributed by atoms with Crippen molar-refractivity contribution in [3.05, 3.63) is 199 Å². The molecule has 0 atom stereocenters. The van der Waals surface area contributed by atoms with Gasteiger partial charge in [-0.3, -0.25) is 0 Å². The molecule has 0 amide bonds. The van der Waals surface area contributed by atoms with E-state index in [0.717, 1.165) is 50.4 Å². The molecule has 0 saturated carbocycles. The summed E-state index contributed by atoms with van der Waals surface area (Å²) in [5.41, 5.74) is 15.7. The Bertz CT molecular complexity index is 3170. The summed E-state index contributed by atoms with van der Waals surface area (Å²) in [6, 6.07) is 60.8. The van der Waals surface area contributed by atoms with Crippen LogP contribution in [-0.4, -0.2) is 9.55 Å². The average molecular weight is 1020 g/mol. The van der Waals surface area contributed by atoms with Crippen LogP contribution in [0.1, 0.15) is 63.8 Å². The summed E-state index contributed by atoms with van der Waals surface area (Å²) >= 11 is 0. The van der Waals surface area contributed by atoms with Gasteiger partial charge in [0.15, 0.2) is 0 Å². The van der Waals surface area contributed by atoms with E-state index in [4.69, 9.17) is 9.72 Å². The van der Waals surface area contributed by atoms with Crippen LogP contribution in [-0.2, 0) is 31.9 Å². The number of para-hydroxylation sites is 3. The molecule has 0 saturated heterocycles. The normalized spacial score (nSPS) is 12.8. The maximum Gasteiger partial charge on any atom is 0.135 e. The Morgan fingerprint density at radius 1 is 0.562 bits per heavy atom. The van der Waals surface area contributed by atoms with Gasteiger partial charge in [0.25, 0.3) is 0 Å². The Labute approximate surface area is 392 Å². The van der Waals surface area contributed by atoms with Gasteiger partial charge in [-0.05, 0) is 93.8 Å². The van der Waals surface area contributed by atoms with Crippen molar-refractivity contribution in [3.8, 4) is 39.6 Å². The molecule has 5 nitrogen and oxygen atoms in total. The zero-order valence-electron chi connectivity index (χ0n) is 37.6. The molecule has 3 heterocycles. The smallest absolute Gasteiger partial charge is 0.135 e. The van der Waals surface area contributed by atoms with Crippen LogP contribution in [0, 0.1) is 32.6 Å². The molecule has 10 rings (SSSR count). The van der Waals surface area contributed by atoms with Gasteiger partial charge >= 0.3 is 0 Å². The number of ether oxygens (including phenoxy) is 1. The molecular formula is C58H51N4OPt-3. The number of rotatable bonds is 7. The van der Waals surface area contributed by atoms with Gasteiger partial charge < -0.3 is 19.1 Å². The number of fused-ring (bicyclic) bond motifs is 4. The fraction of sp³-hybridized carbons (Fsp3) is 0.172. The second-order valence-corrected chi connectivity index (χ2v) is 18.7. The Morgan fingerprint density at radius 2 is 1.23 bits per heavy atom. The molecule has 0 unspecified atom stereocenters. The van der Waals surface area contributed by atoms with Gasteiger partial charge in [-0.1, -0.05) is 138 Å². The molecule has 0 fully saturated rings. The van der Waals surface area contributed by atoms with E-state index < -0.39 is 0 Å². The molecular weight excluding hydrogens is 964 g/mol. The van der Waals surface area contributed by atoms with Crippen LogP contribution in [0.25, 0.3) is 49.9 Å². The standard InChI is InChI=1S/C58H51N4O.Pt/c1-38-18-16-19-39(2)56(38)48-36-59-55(35-49(48)58(6,7)8)62-50-25-13-12-24-46(50)47-31-29-44(34-54(47)62)63-43-23-17-22-42(33-43)60-37-61(52-27-15-14-26-51(52)60)53-32-41(57(3,4)5)28-30-45(53)40-20-10-9-11-21-40;/h9-32,35-37H,1-8H3;/q-3;. The summed E-state index contributed by atoms with van der Waals surface area (Å²) in [6.07, 6.45) is 2.06. The average Bonchev–Trinajstić information content (AvgIpc) is 3.82. The van der Waals surface area contributed by atoms with E-state index in [9.17, 15) is 0 Å². The molecule has 322 valence electrons. The summed E-state index contributed by atoms with van der Waals surface area (Å²) in [7, 11) is 0. The Balaban J connectivity index is 0.00000518. The number of pyridine rings is 1. The zero-order valence-corrected chi connectivity index (χ0v) is 39.9. The summed E-state index contributed by atoms with van der Waals surface area (Å²) in [5, 5.41) is 2.22. The van der Waals surface area contributed by atoms with Crippen molar-refractivity contribution >= 4 is 44.6 Å². The second-order valence-electron chi connectivity index (χ2n) is 18.7. The van der Waals surface area contributed by atoms with Crippen molar-refractivity contribution < 1.29 is 25.8 Å². The Kier molecular flexibility index (Phi) is 11.1.